The van der Waals surface area contributed by atoms with Gasteiger partial charge < -0.3 is 0 Å². The molecular formula is C16H13N. The summed E-state index contributed by atoms with van der Waals surface area (Å²) < 4.78 is 0. The van der Waals surface area contributed by atoms with Crippen LogP contribution in [0.3, 0.4) is 0 Å². The Morgan fingerprint density at radius 1 is 0.882 bits per heavy atom. The zero-order chi connectivity index (χ0) is 11.7. The molecule has 0 aliphatic heterocycles. The molecule has 1 nitrogen and oxygen atoms in total. The molecule has 0 unspecified atom stereocenters. The Labute approximate surface area is 101 Å². The fraction of sp³-hybridized carbons (Fsp3) is 0.0625. The van der Waals surface area contributed by atoms with Gasteiger partial charge in [-0.05, 0) is 35.4 Å². The maximum Gasteiger partial charge on any atom is 0.0710 e. The molecule has 0 fully saturated rings. The van der Waals surface area contributed by atoms with E-state index in [0.29, 0.717) is 0 Å². The Morgan fingerprint density at radius 3 is 2.59 bits per heavy atom. The molecule has 0 amide bonds. The van der Waals surface area contributed by atoms with Gasteiger partial charge in [0.25, 0.3) is 0 Å². The molecule has 0 aliphatic rings. The van der Waals surface area contributed by atoms with E-state index in [1.54, 1.807) is 0 Å². The molecule has 1 heterocycles. The van der Waals surface area contributed by atoms with Gasteiger partial charge in [-0.1, -0.05) is 42.5 Å². The van der Waals surface area contributed by atoms with Crippen molar-refractivity contribution in [1.82, 2.24) is 4.98 Å². The van der Waals surface area contributed by atoms with Gasteiger partial charge in [0.05, 0.1) is 5.69 Å². The maximum atomic E-state index is 4.46. The minimum absolute atomic E-state index is 1.04. The van der Waals surface area contributed by atoms with Gasteiger partial charge in [0.2, 0.25) is 0 Å². The molecule has 0 radical (unpaired) electrons. The second kappa shape index (κ2) is 4.02. The van der Waals surface area contributed by atoms with E-state index in [2.05, 4.69) is 60.4 Å². The van der Waals surface area contributed by atoms with E-state index < -0.39 is 0 Å². The van der Waals surface area contributed by atoms with Crippen LogP contribution in [0.1, 0.15) is 5.56 Å². The van der Waals surface area contributed by atoms with Crippen LogP contribution in [-0.2, 0) is 0 Å². The van der Waals surface area contributed by atoms with Crippen molar-refractivity contribution in [3.63, 3.8) is 0 Å². The Hall–Kier alpha value is -2.15. The molecule has 0 bridgehead atoms. The van der Waals surface area contributed by atoms with Gasteiger partial charge in [-0.15, -0.1) is 0 Å². The summed E-state index contributed by atoms with van der Waals surface area (Å²) in [6, 6.07) is 18.9. The molecule has 0 saturated carbocycles. The molecule has 3 aromatic rings. The highest BCUT2D eigenvalue weighted by Gasteiger charge is 2.03. The second-order valence-corrected chi connectivity index (χ2v) is 4.25. The molecule has 2 aromatic carbocycles. The van der Waals surface area contributed by atoms with Crippen LogP contribution in [0.25, 0.3) is 22.0 Å². The highest BCUT2D eigenvalue weighted by atomic mass is 14.7. The van der Waals surface area contributed by atoms with Gasteiger partial charge in [-0.2, -0.15) is 0 Å². The summed E-state index contributed by atoms with van der Waals surface area (Å²) >= 11 is 0. The molecule has 0 saturated heterocycles. The molecule has 82 valence electrons. The largest absolute Gasteiger partial charge is 0.256 e. The van der Waals surface area contributed by atoms with Crippen LogP contribution in [-0.4, -0.2) is 4.98 Å². The minimum Gasteiger partial charge on any atom is -0.256 e. The third-order valence-corrected chi connectivity index (χ3v) is 2.98. The third-order valence-electron chi connectivity index (χ3n) is 2.98. The molecule has 3 rings (SSSR count). The van der Waals surface area contributed by atoms with Crippen LogP contribution in [0.15, 0.2) is 60.8 Å². The fourth-order valence-corrected chi connectivity index (χ4v) is 2.13. The number of rotatable bonds is 1. The van der Waals surface area contributed by atoms with Gasteiger partial charge in [0, 0.05) is 11.8 Å². The van der Waals surface area contributed by atoms with Crippen molar-refractivity contribution in [1.29, 1.82) is 0 Å². The number of benzene rings is 2. The summed E-state index contributed by atoms with van der Waals surface area (Å²) in [4.78, 5) is 4.46. The summed E-state index contributed by atoms with van der Waals surface area (Å²) in [7, 11) is 0. The van der Waals surface area contributed by atoms with Crippen LogP contribution in [0.5, 0.6) is 0 Å². The maximum absolute atomic E-state index is 4.46. The quantitative estimate of drug-likeness (QED) is 0.597. The van der Waals surface area contributed by atoms with E-state index in [9.17, 15) is 0 Å². The first-order valence-electron chi connectivity index (χ1n) is 5.75. The lowest BCUT2D eigenvalue weighted by Crippen LogP contribution is -1.85. The highest BCUT2D eigenvalue weighted by molar-refractivity contribution is 5.95. The number of fused-ring (bicyclic) bond motifs is 1. The second-order valence-electron chi connectivity index (χ2n) is 4.25. The zero-order valence-corrected chi connectivity index (χ0v) is 9.72. The molecule has 1 heteroatoms. The smallest absolute Gasteiger partial charge is 0.0710 e. The van der Waals surface area contributed by atoms with Crippen LogP contribution in [0.4, 0.5) is 0 Å². The van der Waals surface area contributed by atoms with E-state index in [-0.39, 0.29) is 0 Å². The molecular weight excluding hydrogens is 206 g/mol. The lowest BCUT2D eigenvalue weighted by atomic mass is 10.0. The highest BCUT2D eigenvalue weighted by Crippen LogP contribution is 2.27. The monoisotopic (exact) mass is 219 g/mol. The molecule has 1 aromatic heterocycles. The van der Waals surface area contributed by atoms with E-state index in [1.807, 2.05) is 12.3 Å². The van der Waals surface area contributed by atoms with Crippen molar-refractivity contribution in [3.8, 4) is 11.3 Å². The van der Waals surface area contributed by atoms with Crippen molar-refractivity contribution in [2.45, 2.75) is 6.92 Å². The first-order chi connectivity index (χ1) is 8.34. The predicted molar refractivity (Wildman–Crippen MR) is 71.9 cm³/mol. The summed E-state index contributed by atoms with van der Waals surface area (Å²) in [6.07, 6.45) is 1.87. The van der Waals surface area contributed by atoms with Gasteiger partial charge in [0.1, 0.15) is 0 Å². The first-order valence-corrected chi connectivity index (χ1v) is 5.75. The Balaban J connectivity index is 2.30. The lowest BCUT2D eigenvalue weighted by Gasteiger charge is -2.06. The van der Waals surface area contributed by atoms with E-state index in [0.717, 1.165) is 5.69 Å². The lowest BCUT2D eigenvalue weighted by molar-refractivity contribution is 1.29. The zero-order valence-electron chi connectivity index (χ0n) is 9.72. The number of aryl methyl sites for hydroxylation is 1. The molecule has 0 aliphatic carbocycles. The third kappa shape index (κ3) is 1.80. The van der Waals surface area contributed by atoms with Crippen molar-refractivity contribution in [3.05, 3.63) is 66.4 Å². The Bertz CT molecular complexity index is 666. The number of hydrogen-bond donors (Lipinski definition) is 0. The van der Waals surface area contributed by atoms with Crippen LogP contribution >= 0.6 is 0 Å². The molecule has 0 atom stereocenters. The van der Waals surface area contributed by atoms with Crippen LogP contribution in [0.2, 0.25) is 0 Å². The number of hydrogen-bond acceptors (Lipinski definition) is 1. The summed E-state index contributed by atoms with van der Waals surface area (Å²) in [6.45, 7) is 2.09. The molecule has 17 heavy (non-hydrogen) atoms. The van der Waals surface area contributed by atoms with Gasteiger partial charge >= 0.3 is 0 Å². The number of aromatic nitrogens is 1. The summed E-state index contributed by atoms with van der Waals surface area (Å²) in [5.41, 5.74) is 3.48. The molecule has 0 spiro atoms. The topological polar surface area (TPSA) is 12.9 Å². The predicted octanol–water partition coefficient (Wildman–Crippen LogP) is 4.21. The average Bonchev–Trinajstić information content (AvgIpc) is 2.38. The Morgan fingerprint density at radius 2 is 1.71 bits per heavy atom. The van der Waals surface area contributed by atoms with Crippen molar-refractivity contribution >= 4 is 10.8 Å². The van der Waals surface area contributed by atoms with E-state index in [4.69, 9.17) is 0 Å². The van der Waals surface area contributed by atoms with Gasteiger partial charge in [-0.3, -0.25) is 4.98 Å². The normalized spacial score (nSPS) is 10.6. The minimum atomic E-state index is 1.04. The number of pyridine rings is 1. The van der Waals surface area contributed by atoms with Crippen molar-refractivity contribution in [2.24, 2.45) is 0 Å². The standard InChI is InChI=1S/C16H13N/c1-12-9-10-17-16(11-12)15-8-4-6-13-5-2-3-7-14(13)15/h2-11H,1H3. The van der Waals surface area contributed by atoms with Crippen LogP contribution in [0, 0.1) is 6.92 Å². The van der Waals surface area contributed by atoms with Crippen molar-refractivity contribution < 1.29 is 0 Å². The summed E-state index contributed by atoms with van der Waals surface area (Å²) in [5.74, 6) is 0. The van der Waals surface area contributed by atoms with Crippen molar-refractivity contribution in [2.75, 3.05) is 0 Å². The number of nitrogens with zero attached hydrogens (tertiary/aromatic N) is 1. The molecule has 0 N–H and O–H groups in total. The fourth-order valence-electron chi connectivity index (χ4n) is 2.13. The van der Waals surface area contributed by atoms with E-state index in [1.165, 1.54) is 21.9 Å². The summed E-state index contributed by atoms with van der Waals surface area (Å²) in [5, 5.41) is 2.52. The average molecular weight is 219 g/mol. The van der Waals surface area contributed by atoms with E-state index >= 15 is 0 Å². The first kappa shape index (κ1) is 10.0. The van der Waals surface area contributed by atoms with Gasteiger partial charge in [0.15, 0.2) is 0 Å². The van der Waals surface area contributed by atoms with Gasteiger partial charge in [-0.25, -0.2) is 0 Å². The van der Waals surface area contributed by atoms with Crippen LogP contribution < -0.4 is 0 Å². The SMILES string of the molecule is Cc1ccnc(-c2cccc3ccccc23)c1. The Kier molecular flexibility index (Phi) is 2.37.